The van der Waals surface area contributed by atoms with Gasteiger partial charge >= 0.3 is 0 Å². The second kappa shape index (κ2) is 8.67. The first-order chi connectivity index (χ1) is 14.2. The number of benzene rings is 3. The molecule has 0 saturated carbocycles. The van der Waals surface area contributed by atoms with E-state index in [-0.39, 0.29) is 5.91 Å². The van der Waals surface area contributed by atoms with E-state index < -0.39 is 0 Å². The number of anilines is 1. The van der Waals surface area contributed by atoms with Gasteiger partial charge in [0.2, 0.25) is 0 Å². The van der Waals surface area contributed by atoms with Crippen molar-refractivity contribution in [3.05, 3.63) is 113 Å². The van der Waals surface area contributed by atoms with Gasteiger partial charge in [-0.1, -0.05) is 23.7 Å². The molecule has 144 valence electrons. The maximum Gasteiger partial charge on any atom is 0.255 e. The van der Waals surface area contributed by atoms with Crippen molar-refractivity contribution in [2.45, 2.75) is 6.61 Å². The Morgan fingerprint density at radius 1 is 0.862 bits per heavy atom. The van der Waals surface area contributed by atoms with Crippen molar-refractivity contribution in [1.82, 2.24) is 4.57 Å². The fourth-order valence-electron chi connectivity index (χ4n) is 2.88. The number of carbonyl (C=O) groups is 1. The topological polar surface area (TPSA) is 43.3 Å². The van der Waals surface area contributed by atoms with E-state index >= 15 is 0 Å². The van der Waals surface area contributed by atoms with Crippen molar-refractivity contribution in [2.75, 3.05) is 5.32 Å². The highest BCUT2D eigenvalue weighted by Crippen LogP contribution is 2.19. The van der Waals surface area contributed by atoms with Crippen LogP contribution in [0.4, 0.5) is 5.69 Å². The number of rotatable bonds is 6. The van der Waals surface area contributed by atoms with E-state index in [1.165, 1.54) is 0 Å². The molecule has 5 heteroatoms. The number of carbonyl (C=O) groups excluding carboxylic acids is 1. The molecule has 4 aromatic rings. The monoisotopic (exact) mass is 402 g/mol. The highest BCUT2D eigenvalue weighted by atomic mass is 35.5. The molecule has 0 fully saturated rings. The van der Waals surface area contributed by atoms with E-state index in [0.717, 1.165) is 17.0 Å². The van der Waals surface area contributed by atoms with Gasteiger partial charge in [-0.15, -0.1) is 0 Å². The number of hydrogen-bond donors (Lipinski definition) is 1. The quantitative estimate of drug-likeness (QED) is 0.432. The zero-order valence-corrected chi connectivity index (χ0v) is 16.3. The zero-order valence-electron chi connectivity index (χ0n) is 15.6. The summed E-state index contributed by atoms with van der Waals surface area (Å²) in [6.45, 7) is 0.455. The largest absolute Gasteiger partial charge is 0.489 e. The lowest BCUT2D eigenvalue weighted by Gasteiger charge is -2.09. The first-order valence-electron chi connectivity index (χ1n) is 9.19. The van der Waals surface area contributed by atoms with Gasteiger partial charge in [-0.3, -0.25) is 4.79 Å². The van der Waals surface area contributed by atoms with Gasteiger partial charge in [0.15, 0.2) is 0 Å². The van der Waals surface area contributed by atoms with Gasteiger partial charge in [-0.2, -0.15) is 0 Å². The van der Waals surface area contributed by atoms with E-state index in [2.05, 4.69) is 5.32 Å². The van der Waals surface area contributed by atoms with Gasteiger partial charge in [0.05, 0.1) is 0 Å². The Morgan fingerprint density at radius 3 is 2.17 bits per heavy atom. The molecule has 1 aromatic heterocycles. The molecule has 0 aliphatic heterocycles. The lowest BCUT2D eigenvalue weighted by Crippen LogP contribution is -2.11. The molecule has 1 N–H and O–H groups in total. The summed E-state index contributed by atoms with van der Waals surface area (Å²) in [5, 5.41) is 3.61. The summed E-state index contributed by atoms with van der Waals surface area (Å²) < 4.78 is 7.76. The Hall–Kier alpha value is -3.50. The third-order valence-corrected chi connectivity index (χ3v) is 4.72. The molecule has 0 bridgehead atoms. The second-order valence-electron chi connectivity index (χ2n) is 6.53. The molecule has 0 atom stereocenters. The number of nitrogens with one attached hydrogen (secondary N) is 1. The normalized spacial score (nSPS) is 10.5. The van der Waals surface area contributed by atoms with Crippen LogP contribution < -0.4 is 10.1 Å². The number of nitrogens with zero attached hydrogens (tertiary/aromatic N) is 1. The number of hydrogen-bond acceptors (Lipinski definition) is 2. The minimum Gasteiger partial charge on any atom is -0.489 e. The molecule has 29 heavy (non-hydrogen) atoms. The first-order valence-corrected chi connectivity index (χ1v) is 9.57. The summed E-state index contributed by atoms with van der Waals surface area (Å²) in [6, 6.07) is 26.2. The van der Waals surface area contributed by atoms with Crippen LogP contribution in [0, 0.1) is 0 Å². The smallest absolute Gasteiger partial charge is 0.255 e. The number of ether oxygens (including phenoxy) is 1. The molecule has 0 unspecified atom stereocenters. The molecule has 4 nitrogen and oxygen atoms in total. The lowest BCUT2D eigenvalue weighted by atomic mass is 10.2. The molecule has 0 aliphatic carbocycles. The minimum absolute atomic E-state index is 0.154. The van der Waals surface area contributed by atoms with E-state index in [0.29, 0.717) is 22.9 Å². The summed E-state index contributed by atoms with van der Waals surface area (Å²) in [7, 11) is 0. The summed E-state index contributed by atoms with van der Waals surface area (Å²) in [5.41, 5.74) is 3.36. The number of amides is 1. The number of halogens is 1. The van der Waals surface area contributed by atoms with Crippen molar-refractivity contribution in [1.29, 1.82) is 0 Å². The molecule has 0 spiro atoms. The molecular formula is C24H19ClN2O2. The van der Waals surface area contributed by atoms with Crippen molar-refractivity contribution < 1.29 is 9.53 Å². The summed E-state index contributed by atoms with van der Waals surface area (Å²) in [6.07, 6.45) is 3.93. The standard InChI is InChI=1S/C24H19ClN2O2/c25-20-7-3-18(4-8-20)17-29-23-13-9-21(10-14-23)26-24(28)19-5-11-22(12-6-19)27-15-1-2-16-27/h1-16H,17H2,(H,26,28). The Labute approximate surface area is 174 Å². The lowest BCUT2D eigenvalue weighted by molar-refractivity contribution is 0.102. The Morgan fingerprint density at radius 2 is 1.52 bits per heavy atom. The molecule has 0 saturated heterocycles. The van der Waals surface area contributed by atoms with E-state index in [1.54, 1.807) is 0 Å². The van der Waals surface area contributed by atoms with Crippen LogP contribution in [0.2, 0.25) is 5.02 Å². The SMILES string of the molecule is O=C(Nc1ccc(OCc2ccc(Cl)cc2)cc1)c1ccc(-n2cccc2)cc1. The Balaban J connectivity index is 1.34. The second-order valence-corrected chi connectivity index (χ2v) is 6.97. The van der Waals surface area contributed by atoms with Crippen molar-refractivity contribution in [2.24, 2.45) is 0 Å². The van der Waals surface area contributed by atoms with Gasteiger partial charge in [-0.25, -0.2) is 0 Å². The molecule has 3 aromatic carbocycles. The van der Waals surface area contributed by atoms with Gasteiger partial charge in [-0.05, 0) is 78.4 Å². The summed E-state index contributed by atoms with van der Waals surface area (Å²) in [4.78, 5) is 12.5. The molecule has 0 aliphatic rings. The zero-order chi connectivity index (χ0) is 20.1. The molecule has 4 rings (SSSR count). The van der Waals surface area contributed by atoms with E-state index in [4.69, 9.17) is 16.3 Å². The molecular weight excluding hydrogens is 384 g/mol. The van der Waals surface area contributed by atoms with E-state index in [9.17, 15) is 4.79 Å². The van der Waals surface area contributed by atoms with E-state index in [1.807, 2.05) is 102 Å². The minimum atomic E-state index is -0.154. The predicted octanol–water partition coefficient (Wildman–Crippen LogP) is 5.96. The van der Waals surface area contributed by atoms with Gasteiger partial charge in [0.25, 0.3) is 5.91 Å². The highest BCUT2D eigenvalue weighted by molar-refractivity contribution is 6.30. The maximum atomic E-state index is 12.5. The van der Waals surface area contributed by atoms with Crippen LogP contribution in [0.5, 0.6) is 5.75 Å². The van der Waals surface area contributed by atoms with Crippen molar-refractivity contribution in [3.8, 4) is 11.4 Å². The predicted molar refractivity (Wildman–Crippen MR) is 116 cm³/mol. The molecule has 1 amide bonds. The van der Waals surface area contributed by atoms with Crippen LogP contribution in [0.1, 0.15) is 15.9 Å². The maximum absolute atomic E-state index is 12.5. The van der Waals surface area contributed by atoms with Crippen molar-refractivity contribution >= 4 is 23.2 Å². The van der Waals surface area contributed by atoms with Crippen LogP contribution in [-0.2, 0) is 6.61 Å². The summed E-state index contributed by atoms with van der Waals surface area (Å²) in [5.74, 6) is 0.577. The fourth-order valence-corrected chi connectivity index (χ4v) is 3.00. The van der Waals surface area contributed by atoms with Crippen molar-refractivity contribution in [3.63, 3.8) is 0 Å². The average molecular weight is 403 g/mol. The number of aromatic nitrogens is 1. The van der Waals surface area contributed by atoms with Crippen LogP contribution in [0.15, 0.2) is 97.3 Å². The van der Waals surface area contributed by atoms with Crippen LogP contribution in [-0.4, -0.2) is 10.5 Å². The van der Waals surface area contributed by atoms with Crippen LogP contribution >= 0.6 is 11.6 Å². The van der Waals surface area contributed by atoms with Gasteiger partial charge in [0.1, 0.15) is 12.4 Å². The first kappa shape index (κ1) is 18.8. The highest BCUT2D eigenvalue weighted by Gasteiger charge is 2.07. The van der Waals surface area contributed by atoms with Crippen LogP contribution in [0.25, 0.3) is 5.69 Å². The Kier molecular flexibility index (Phi) is 5.63. The average Bonchev–Trinajstić information content (AvgIpc) is 3.29. The molecule has 0 radical (unpaired) electrons. The third kappa shape index (κ3) is 4.86. The van der Waals surface area contributed by atoms with Crippen LogP contribution in [0.3, 0.4) is 0 Å². The van der Waals surface area contributed by atoms with Gasteiger partial charge in [0, 0.05) is 34.4 Å². The molecule has 1 heterocycles. The Bertz CT molecular complexity index is 1070. The third-order valence-electron chi connectivity index (χ3n) is 4.46. The fraction of sp³-hybridized carbons (Fsp3) is 0.0417. The summed E-state index contributed by atoms with van der Waals surface area (Å²) >= 11 is 5.89. The van der Waals surface area contributed by atoms with Gasteiger partial charge < -0.3 is 14.6 Å².